The van der Waals surface area contributed by atoms with Crippen molar-refractivity contribution in [2.24, 2.45) is 5.41 Å². The third-order valence-electron chi connectivity index (χ3n) is 3.67. The van der Waals surface area contributed by atoms with Crippen LogP contribution in [-0.4, -0.2) is 0 Å². The van der Waals surface area contributed by atoms with Gasteiger partial charge in [0.1, 0.15) is 0 Å². The van der Waals surface area contributed by atoms with Crippen LogP contribution in [0, 0.1) is 5.41 Å². The zero-order valence-corrected chi connectivity index (χ0v) is 13.6. The number of hydrogen-bond acceptors (Lipinski definition) is 0. The van der Waals surface area contributed by atoms with Gasteiger partial charge in [-0.2, -0.15) is 0 Å². The minimum Gasteiger partial charge on any atom is -0.0833 e. The Labute approximate surface area is 115 Å². The lowest BCUT2D eigenvalue weighted by molar-refractivity contribution is 0.346. The molecule has 1 unspecified atom stereocenters. The molecule has 0 nitrogen and oxygen atoms in total. The van der Waals surface area contributed by atoms with Crippen molar-refractivity contribution in [2.75, 3.05) is 0 Å². The van der Waals surface area contributed by atoms with Gasteiger partial charge in [-0.05, 0) is 28.4 Å². The number of benzene rings is 1. The molecule has 0 aliphatic carbocycles. The molecule has 0 spiro atoms. The van der Waals surface area contributed by atoms with Crippen molar-refractivity contribution in [3.8, 4) is 0 Å². The normalized spacial score (nSPS) is 14.8. The van der Waals surface area contributed by atoms with Crippen LogP contribution in [0.2, 0.25) is 0 Å². The van der Waals surface area contributed by atoms with Gasteiger partial charge < -0.3 is 0 Å². The van der Waals surface area contributed by atoms with Crippen LogP contribution in [-0.2, 0) is 5.41 Å². The second-order valence-electron chi connectivity index (χ2n) is 6.58. The molecule has 96 valence electrons. The second kappa shape index (κ2) is 5.14. The highest BCUT2D eigenvalue weighted by Crippen LogP contribution is 2.43. The summed E-state index contributed by atoms with van der Waals surface area (Å²) in [5.41, 5.74) is 3.31. The number of hydrogen-bond donors (Lipinski definition) is 0. The van der Waals surface area contributed by atoms with Crippen molar-refractivity contribution in [1.82, 2.24) is 0 Å². The molecular formula is C16H25Br. The quantitative estimate of drug-likeness (QED) is 0.613. The van der Waals surface area contributed by atoms with E-state index in [2.05, 4.69) is 81.7 Å². The van der Waals surface area contributed by atoms with Crippen molar-refractivity contribution >= 4 is 15.9 Å². The number of halogens is 1. The molecule has 17 heavy (non-hydrogen) atoms. The Balaban J connectivity index is 2.96. The molecule has 0 bridgehead atoms. The van der Waals surface area contributed by atoms with Crippen LogP contribution in [0.5, 0.6) is 0 Å². The zero-order valence-electron chi connectivity index (χ0n) is 12.0. The van der Waals surface area contributed by atoms with E-state index in [-0.39, 0.29) is 5.41 Å². The molecule has 0 aromatic heterocycles. The van der Waals surface area contributed by atoms with Crippen LogP contribution in [0.15, 0.2) is 24.3 Å². The summed E-state index contributed by atoms with van der Waals surface area (Å²) in [6.45, 7) is 13.6. The van der Waals surface area contributed by atoms with Gasteiger partial charge in [0.15, 0.2) is 0 Å². The van der Waals surface area contributed by atoms with Crippen molar-refractivity contribution in [2.45, 2.75) is 58.2 Å². The van der Waals surface area contributed by atoms with Gasteiger partial charge in [-0.25, -0.2) is 0 Å². The fourth-order valence-electron chi connectivity index (χ4n) is 1.78. The minimum absolute atomic E-state index is 0.237. The van der Waals surface area contributed by atoms with Gasteiger partial charge in [0.05, 0.1) is 0 Å². The second-order valence-corrected chi connectivity index (χ2v) is 7.49. The predicted octanol–water partition coefficient (Wildman–Crippen LogP) is 5.86. The molecule has 0 aliphatic rings. The van der Waals surface area contributed by atoms with Crippen molar-refractivity contribution in [3.63, 3.8) is 0 Å². The summed E-state index contributed by atoms with van der Waals surface area (Å²) in [5, 5.41) is 0. The largest absolute Gasteiger partial charge is 0.0833 e. The predicted molar refractivity (Wildman–Crippen MR) is 80.9 cm³/mol. The average Bonchev–Trinajstić information content (AvgIpc) is 2.27. The Hall–Kier alpha value is -0.300. The van der Waals surface area contributed by atoms with Crippen LogP contribution in [0.4, 0.5) is 0 Å². The van der Waals surface area contributed by atoms with Crippen LogP contribution in [0.25, 0.3) is 0 Å². The summed E-state index contributed by atoms with van der Waals surface area (Å²) in [7, 11) is 0. The maximum Gasteiger partial charge on any atom is 0.0446 e. The lowest BCUT2D eigenvalue weighted by atomic mass is 9.81. The molecule has 0 amide bonds. The van der Waals surface area contributed by atoms with E-state index in [9.17, 15) is 0 Å². The number of alkyl halides is 1. The van der Waals surface area contributed by atoms with E-state index in [0.29, 0.717) is 10.2 Å². The third-order valence-corrected chi connectivity index (χ3v) is 5.43. The van der Waals surface area contributed by atoms with Gasteiger partial charge in [-0.1, -0.05) is 81.7 Å². The first kappa shape index (κ1) is 14.8. The van der Waals surface area contributed by atoms with E-state index in [1.807, 2.05) is 0 Å². The zero-order chi connectivity index (χ0) is 13.3. The Morgan fingerprint density at radius 1 is 1.00 bits per heavy atom. The lowest BCUT2D eigenvalue weighted by Gasteiger charge is -2.30. The van der Waals surface area contributed by atoms with Gasteiger partial charge in [0.2, 0.25) is 0 Å². The molecule has 1 heteroatoms. The molecule has 1 aromatic rings. The van der Waals surface area contributed by atoms with E-state index >= 15 is 0 Å². The summed E-state index contributed by atoms with van der Waals surface area (Å²) in [4.78, 5) is 0.425. The Bertz CT molecular complexity index is 354. The molecule has 0 aliphatic heterocycles. The van der Waals surface area contributed by atoms with E-state index < -0.39 is 0 Å². The Kier molecular flexibility index (Phi) is 4.46. The molecule has 0 N–H and O–H groups in total. The van der Waals surface area contributed by atoms with E-state index in [1.165, 1.54) is 17.5 Å². The van der Waals surface area contributed by atoms with E-state index in [4.69, 9.17) is 0 Å². The topological polar surface area (TPSA) is 0 Å². The van der Waals surface area contributed by atoms with Gasteiger partial charge in [-0.15, -0.1) is 0 Å². The smallest absolute Gasteiger partial charge is 0.0446 e. The monoisotopic (exact) mass is 296 g/mol. The first-order valence-corrected chi connectivity index (χ1v) is 7.34. The van der Waals surface area contributed by atoms with E-state index in [1.54, 1.807) is 0 Å². The van der Waals surface area contributed by atoms with E-state index in [0.717, 1.165) is 0 Å². The van der Waals surface area contributed by atoms with Gasteiger partial charge in [0.25, 0.3) is 0 Å². The molecule has 0 fully saturated rings. The molecule has 0 heterocycles. The molecule has 0 radical (unpaired) electrons. The maximum absolute atomic E-state index is 3.84. The first-order valence-electron chi connectivity index (χ1n) is 6.43. The highest BCUT2D eigenvalue weighted by molar-refractivity contribution is 9.09. The van der Waals surface area contributed by atoms with Gasteiger partial charge >= 0.3 is 0 Å². The van der Waals surface area contributed by atoms with Crippen LogP contribution < -0.4 is 0 Å². The standard InChI is InChI=1S/C16H25Br/c1-7-16(5,6)14(17)12-8-10-13(11-9-12)15(2,3)4/h8-11,14H,7H2,1-6H3. The van der Waals surface area contributed by atoms with Gasteiger partial charge in [0, 0.05) is 4.83 Å². The molecule has 1 aromatic carbocycles. The fourth-order valence-corrected chi connectivity index (χ4v) is 2.41. The minimum atomic E-state index is 0.237. The summed E-state index contributed by atoms with van der Waals surface area (Å²) in [6.07, 6.45) is 1.17. The van der Waals surface area contributed by atoms with Crippen LogP contribution >= 0.6 is 15.9 Å². The number of rotatable bonds is 3. The van der Waals surface area contributed by atoms with Crippen LogP contribution in [0.1, 0.15) is 63.9 Å². The first-order chi connectivity index (χ1) is 7.68. The molecular weight excluding hydrogens is 272 g/mol. The average molecular weight is 297 g/mol. The summed E-state index contributed by atoms with van der Waals surface area (Å²) >= 11 is 3.84. The molecule has 0 saturated heterocycles. The van der Waals surface area contributed by atoms with Crippen LogP contribution in [0.3, 0.4) is 0 Å². The molecule has 1 rings (SSSR count). The van der Waals surface area contributed by atoms with Crippen molar-refractivity contribution in [3.05, 3.63) is 35.4 Å². The maximum atomic E-state index is 3.84. The lowest BCUT2D eigenvalue weighted by Crippen LogP contribution is -2.17. The van der Waals surface area contributed by atoms with Crippen molar-refractivity contribution in [1.29, 1.82) is 0 Å². The third kappa shape index (κ3) is 3.58. The summed E-state index contributed by atoms with van der Waals surface area (Å²) < 4.78 is 0. The van der Waals surface area contributed by atoms with Gasteiger partial charge in [-0.3, -0.25) is 0 Å². The van der Waals surface area contributed by atoms with Crippen molar-refractivity contribution < 1.29 is 0 Å². The SMILES string of the molecule is CCC(C)(C)C(Br)c1ccc(C(C)(C)C)cc1. The Morgan fingerprint density at radius 3 is 1.82 bits per heavy atom. The molecule has 1 atom stereocenters. The highest BCUT2D eigenvalue weighted by atomic mass is 79.9. The fraction of sp³-hybridized carbons (Fsp3) is 0.625. The molecule has 0 saturated carbocycles. The Morgan fingerprint density at radius 2 is 1.47 bits per heavy atom. The summed E-state index contributed by atoms with van der Waals surface area (Å²) in [5.74, 6) is 0. The highest BCUT2D eigenvalue weighted by Gasteiger charge is 2.26. The summed E-state index contributed by atoms with van der Waals surface area (Å²) in [6, 6.07) is 9.04.